The van der Waals surface area contributed by atoms with E-state index in [0.717, 1.165) is 4.90 Å². The van der Waals surface area contributed by atoms with Crippen molar-refractivity contribution < 1.29 is 18.0 Å². The predicted molar refractivity (Wildman–Crippen MR) is 74.8 cm³/mol. The van der Waals surface area contributed by atoms with E-state index in [1.807, 2.05) is 0 Å². The topological polar surface area (TPSA) is 32.3 Å². The first-order valence-electron chi connectivity index (χ1n) is 6.32. The number of halogens is 5. The van der Waals surface area contributed by atoms with Gasteiger partial charge in [0, 0.05) is 12.6 Å². The fraction of sp³-hybridized carbons (Fsp3) is 0.462. The Morgan fingerprint density at radius 3 is 2.67 bits per heavy atom. The fourth-order valence-electron chi connectivity index (χ4n) is 2.29. The van der Waals surface area contributed by atoms with Crippen molar-refractivity contribution in [1.82, 2.24) is 10.2 Å². The Balaban J connectivity index is 2.31. The highest BCUT2D eigenvalue weighted by atomic mass is 35.5. The number of nitrogens with one attached hydrogen (secondary N) is 1. The molecule has 2 rings (SSSR count). The lowest BCUT2D eigenvalue weighted by atomic mass is 10.1. The number of carbonyl (C=O) groups is 1. The third-order valence-electron chi connectivity index (χ3n) is 3.27. The van der Waals surface area contributed by atoms with E-state index in [1.54, 1.807) is 0 Å². The first-order valence-corrected chi connectivity index (χ1v) is 7.07. The summed E-state index contributed by atoms with van der Waals surface area (Å²) in [5.41, 5.74) is -0.0136. The van der Waals surface area contributed by atoms with Crippen molar-refractivity contribution in [2.45, 2.75) is 18.6 Å². The van der Waals surface area contributed by atoms with Crippen LogP contribution >= 0.6 is 23.2 Å². The molecular formula is C13H13Cl2F3N2O. The van der Waals surface area contributed by atoms with Crippen molar-refractivity contribution in [3.63, 3.8) is 0 Å². The maximum atomic E-state index is 12.7. The third-order valence-corrected chi connectivity index (χ3v) is 4.09. The van der Waals surface area contributed by atoms with Crippen molar-refractivity contribution in [1.29, 1.82) is 0 Å². The molecule has 3 nitrogen and oxygen atoms in total. The summed E-state index contributed by atoms with van der Waals surface area (Å²) >= 11 is 11.8. The lowest BCUT2D eigenvalue weighted by molar-refractivity contribution is -0.144. The van der Waals surface area contributed by atoms with Gasteiger partial charge in [0.25, 0.3) is 5.91 Å². The molecule has 0 spiro atoms. The monoisotopic (exact) mass is 340 g/mol. The van der Waals surface area contributed by atoms with Gasteiger partial charge in [0.2, 0.25) is 0 Å². The molecule has 0 aromatic heterocycles. The molecule has 0 unspecified atom stereocenters. The number of amides is 1. The number of carbonyl (C=O) groups excluding carboxylic acids is 1. The molecule has 8 heteroatoms. The summed E-state index contributed by atoms with van der Waals surface area (Å²) in [6, 6.07) is 3.84. The Labute approximate surface area is 130 Å². The molecule has 1 aliphatic heterocycles. The maximum absolute atomic E-state index is 12.7. The molecule has 116 valence electrons. The highest BCUT2D eigenvalue weighted by molar-refractivity contribution is 6.43. The second-order valence-corrected chi connectivity index (χ2v) is 5.58. The van der Waals surface area contributed by atoms with Crippen LogP contribution in [0, 0.1) is 0 Å². The molecule has 21 heavy (non-hydrogen) atoms. The van der Waals surface area contributed by atoms with Gasteiger partial charge in [-0.15, -0.1) is 0 Å². The molecule has 1 saturated heterocycles. The summed E-state index contributed by atoms with van der Waals surface area (Å²) < 4.78 is 38.2. The van der Waals surface area contributed by atoms with Crippen LogP contribution in [0.5, 0.6) is 0 Å². The second-order valence-electron chi connectivity index (χ2n) is 4.80. The summed E-state index contributed by atoms with van der Waals surface area (Å²) in [5, 5.41) is 3.06. The van der Waals surface area contributed by atoms with Crippen LogP contribution in [0.15, 0.2) is 18.2 Å². The zero-order chi connectivity index (χ0) is 15.6. The van der Waals surface area contributed by atoms with Crippen molar-refractivity contribution >= 4 is 29.1 Å². The largest absolute Gasteiger partial charge is 0.406 e. The first-order chi connectivity index (χ1) is 9.79. The lowest BCUT2D eigenvalue weighted by Crippen LogP contribution is -2.46. The van der Waals surface area contributed by atoms with E-state index in [2.05, 4.69) is 5.32 Å². The molecule has 1 aliphatic rings. The highest BCUT2D eigenvalue weighted by Gasteiger charge is 2.38. The van der Waals surface area contributed by atoms with Gasteiger partial charge in [-0.1, -0.05) is 29.3 Å². The molecule has 0 saturated carbocycles. The van der Waals surface area contributed by atoms with Crippen LogP contribution in [0.4, 0.5) is 13.2 Å². The van der Waals surface area contributed by atoms with E-state index < -0.39 is 24.7 Å². The van der Waals surface area contributed by atoms with Gasteiger partial charge in [0.1, 0.15) is 6.54 Å². The van der Waals surface area contributed by atoms with Crippen LogP contribution in [-0.2, 0) is 0 Å². The average molecular weight is 341 g/mol. The predicted octanol–water partition coefficient (Wildman–Crippen LogP) is 3.36. The molecule has 0 radical (unpaired) electrons. The Morgan fingerprint density at radius 2 is 2.10 bits per heavy atom. The minimum atomic E-state index is -4.47. The summed E-state index contributed by atoms with van der Waals surface area (Å²) in [7, 11) is 0. The Bertz CT molecular complexity index is 531. The molecule has 1 aromatic carbocycles. The second kappa shape index (κ2) is 6.42. The lowest BCUT2D eigenvalue weighted by Gasteiger charge is -2.29. The highest BCUT2D eigenvalue weighted by Crippen LogP contribution is 2.29. The number of benzene rings is 1. The minimum Gasteiger partial charge on any atom is -0.325 e. The van der Waals surface area contributed by atoms with Gasteiger partial charge >= 0.3 is 6.18 Å². The van der Waals surface area contributed by atoms with E-state index >= 15 is 0 Å². The number of rotatable bonds is 3. The SMILES string of the molecule is O=C(c1cccc(Cl)c1Cl)N(CC(F)(F)F)[C@H]1CCNC1. The number of alkyl halides is 3. The molecule has 1 aromatic rings. The molecule has 1 heterocycles. The van der Waals surface area contributed by atoms with E-state index in [1.165, 1.54) is 18.2 Å². The molecule has 1 amide bonds. The summed E-state index contributed by atoms with van der Waals surface area (Å²) in [6.45, 7) is -0.392. The van der Waals surface area contributed by atoms with Crippen molar-refractivity contribution in [2.75, 3.05) is 19.6 Å². The van der Waals surface area contributed by atoms with Crippen molar-refractivity contribution in [3.05, 3.63) is 33.8 Å². The molecular weight excluding hydrogens is 328 g/mol. The smallest absolute Gasteiger partial charge is 0.325 e. The zero-order valence-corrected chi connectivity index (χ0v) is 12.4. The van der Waals surface area contributed by atoms with E-state index in [4.69, 9.17) is 23.2 Å². The third kappa shape index (κ3) is 4.02. The van der Waals surface area contributed by atoms with Crippen molar-refractivity contribution in [2.24, 2.45) is 0 Å². The van der Waals surface area contributed by atoms with E-state index in [9.17, 15) is 18.0 Å². The molecule has 0 aliphatic carbocycles. The molecule has 1 atom stereocenters. The molecule has 0 bridgehead atoms. The molecule has 1 N–H and O–H groups in total. The van der Waals surface area contributed by atoms with Gasteiger partial charge in [-0.25, -0.2) is 0 Å². The maximum Gasteiger partial charge on any atom is 0.406 e. The Kier molecular flexibility index (Phi) is 5.01. The van der Waals surface area contributed by atoms with Crippen LogP contribution in [0.25, 0.3) is 0 Å². The summed E-state index contributed by atoms with van der Waals surface area (Å²) in [6.07, 6.45) is -4.00. The quantitative estimate of drug-likeness (QED) is 0.914. The average Bonchev–Trinajstić information content (AvgIpc) is 2.91. The van der Waals surface area contributed by atoms with Crippen LogP contribution in [-0.4, -0.2) is 42.7 Å². The van der Waals surface area contributed by atoms with Gasteiger partial charge in [0.15, 0.2) is 0 Å². The van der Waals surface area contributed by atoms with Crippen LogP contribution in [0.3, 0.4) is 0 Å². The number of hydrogen-bond acceptors (Lipinski definition) is 2. The van der Waals surface area contributed by atoms with Crippen LogP contribution in [0.1, 0.15) is 16.8 Å². The zero-order valence-electron chi connectivity index (χ0n) is 10.9. The first kappa shape index (κ1) is 16.4. The van der Waals surface area contributed by atoms with E-state index in [0.29, 0.717) is 19.5 Å². The minimum absolute atomic E-state index is 0.0136. The molecule has 1 fully saturated rings. The fourth-order valence-corrected chi connectivity index (χ4v) is 2.67. The van der Waals surface area contributed by atoms with Crippen molar-refractivity contribution in [3.8, 4) is 0 Å². The normalized spacial score (nSPS) is 18.8. The van der Waals surface area contributed by atoms with Gasteiger partial charge in [0.05, 0.1) is 15.6 Å². The number of nitrogens with zero attached hydrogens (tertiary/aromatic N) is 1. The van der Waals surface area contributed by atoms with Gasteiger partial charge in [-0.05, 0) is 25.1 Å². The standard InChI is InChI=1S/C13H13Cl2F3N2O/c14-10-3-1-2-9(11(10)15)12(21)20(7-13(16,17)18)8-4-5-19-6-8/h1-3,8,19H,4-7H2/t8-/m0/s1. The van der Waals surface area contributed by atoms with Gasteiger partial charge in [-0.2, -0.15) is 13.2 Å². The van der Waals surface area contributed by atoms with Crippen LogP contribution < -0.4 is 5.32 Å². The van der Waals surface area contributed by atoms with E-state index in [-0.39, 0.29) is 15.6 Å². The number of hydrogen-bond donors (Lipinski definition) is 1. The summed E-state index contributed by atoms with van der Waals surface area (Å²) in [5.74, 6) is -0.756. The van der Waals surface area contributed by atoms with Gasteiger partial charge < -0.3 is 10.2 Å². The summed E-state index contributed by atoms with van der Waals surface area (Å²) in [4.78, 5) is 13.3. The van der Waals surface area contributed by atoms with Gasteiger partial charge in [-0.3, -0.25) is 4.79 Å². The van der Waals surface area contributed by atoms with Crippen LogP contribution in [0.2, 0.25) is 10.0 Å². The Morgan fingerprint density at radius 1 is 1.38 bits per heavy atom. The Hall–Kier alpha value is -0.980.